The zero-order valence-electron chi connectivity index (χ0n) is 3.77. The molecule has 1 atom stereocenters. The molecule has 0 saturated carbocycles. The van der Waals surface area contributed by atoms with Gasteiger partial charge in [0.25, 0.3) is 0 Å². The standard InChI is InChI=1S/C2H2N3O2P/c6-8(7)2-1-3-5-4-2/h1H,(H-,3,4,5,6,7)/p+1. The second kappa shape index (κ2) is 1.98. The number of nitrogens with one attached hydrogen (secondary N) is 1. The Morgan fingerprint density at radius 2 is 2.62 bits per heavy atom. The van der Waals surface area contributed by atoms with Gasteiger partial charge in [-0.1, -0.05) is 0 Å². The first-order valence-electron chi connectivity index (χ1n) is 1.82. The first kappa shape index (κ1) is 5.34. The maximum Gasteiger partial charge on any atom is 0.570 e. The van der Waals surface area contributed by atoms with Gasteiger partial charge >= 0.3 is 13.5 Å². The average molecular weight is 132 g/mol. The van der Waals surface area contributed by atoms with Crippen LogP contribution in [0.4, 0.5) is 0 Å². The minimum atomic E-state index is -2.31. The Kier molecular flexibility index (Phi) is 1.32. The molecule has 0 spiro atoms. The number of hydrogen-bond donors (Lipinski definition) is 2. The molecule has 42 valence electrons. The predicted octanol–water partition coefficient (Wildman–Crippen LogP) is -0.835. The Labute approximate surface area is 45.6 Å². The van der Waals surface area contributed by atoms with E-state index < -0.39 is 8.03 Å². The number of H-pyrrole nitrogens is 1. The van der Waals surface area contributed by atoms with Gasteiger partial charge in [0.05, 0.1) is 0 Å². The topological polar surface area (TPSA) is 78.9 Å². The normalized spacial score (nSPS) is 11.4. The highest BCUT2D eigenvalue weighted by atomic mass is 31.1. The molecule has 1 aromatic rings. The smallest absolute Gasteiger partial charge is 0.193 e. The molecule has 0 amide bonds. The van der Waals surface area contributed by atoms with E-state index in [0.717, 1.165) is 0 Å². The summed E-state index contributed by atoms with van der Waals surface area (Å²) >= 11 is 0. The molecule has 0 aliphatic heterocycles. The molecule has 0 radical (unpaired) electrons. The van der Waals surface area contributed by atoms with Crippen LogP contribution in [0.5, 0.6) is 0 Å². The first-order chi connectivity index (χ1) is 3.80. The van der Waals surface area contributed by atoms with Gasteiger partial charge in [-0.05, 0) is 4.57 Å². The number of rotatable bonds is 1. The van der Waals surface area contributed by atoms with Crippen LogP contribution in [0.15, 0.2) is 6.20 Å². The molecule has 0 aromatic carbocycles. The maximum absolute atomic E-state index is 10.1. The van der Waals surface area contributed by atoms with Crippen molar-refractivity contribution in [3.63, 3.8) is 0 Å². The van der Waals surface area contributed by atoms with Gasteiger partial charge in [0.1, 0.15) is 6.20 Å². The summed E-state index contributed by atoms with van der Waals surface area (Å²) in [5, 5.41) is 8.88. The van der Waals surface area contributed by atoms with Gasteiger partial charge in [0, 0.05) is 0 Å². The molecule has 2 N–H and O–H groups in total. The van der Waals surface area contributed by atoms with Crippen LogP contribution in [0, 0.1) is 0 Å². The highest BCUT2D eigenvalue weighted by molar-refractivity contribution is 7.46. The van der Waals surface area contributed by atoms with Crippen LogP contribution in [-0.4, -0.2) is 20.3 Å². The van der Waals surface area contributed by atoms with Gasteiger partial charge in [-0.2, -0.15) is 15.2 Å². The van der Waals surface area contributed by atoms with Gasteiger partial charge in [-0.3, -0.25) is 0 Å². The summed E-state index contributed by atoms with van der Waals surface area (Å²) in [6, 6.07) is 0. The van der Waals surface area contributed by atoms with Crippen molar-refractivity contribution in [2.75, 3.05) is 0 Å². The molecule has 1 rings (SSSR count). The van der Waals surface area contributed by atoms with Crippen LogP contribution in [0.25, 0.3) is 0 Å². The Bertz CT molecular complexity index is 183. The van der Waals surface area contributed by atoms with E-state index in [2.05, 4.69) is 15.4 Å². The Hall–Kier alpha value is -0.800. The van der Waals surface area contributed by atoms with E-state index in [9.17, 15) is 4.57 Å². The molecule has 1 unspecified atom stereocenters. The van der Waals surface area contributed by atoms with E-state index in [0.29, 0.717) is 0 Å². The van der Waals surface area contributed by atoms with E-state index in [1.807, 2.05) is 0 Å². The van der Waals surface area contributed by atoms with E-state index in [1.165, 1.54) is 6.20 Å². The third-order valence-corrected chi connectivity index (χ3v) is 1.21. The summed E-state index contributed by atoms with van der Waals surface area (Å²) in [7, 11) is -2.31. The molecule has 5 nitrogen and oxygen atoms in total. The van der Waals surface area contributed by atoms with Crippen molar-refractivity contribution in [1.29, 1.82) is 0 Å². The lowest BCUT2D eigenvalue weighted by Crippen LogP contribution is -1.94. The number of nitrogens with zero attached hydrogens (tertiary/aromatic N) is 2. The molecule has 0 bridgehead atoms. The van der Waals surface area contributed by atoms with Gasteiger partial charge in [-0.25, -0.2) is 0 Å². The van der Waals surface area contributed by atoms with Crippen molar-refractivity contribution in [2.24, 2.45) is 0 Å². The van der Waals surface area contributed by atoms with Crippen molar-refractivity contribution in [2.45, 2.75) is 0 Å². The van der Waals surface area contributed by atoms with E-state index >= 15 is 0 Å². The molecule has 0 saturated heterocycles. The van der Waals surface area contributed by atoms with Gasteiger partial charge in [0.2, 0.25) is 0 Å². The first-order valence-corrected chi connectivity index (χ1v) is 3.04. The lowest BCUT2D eigenvalue weighted by Gasteiger charge is -1.58. The van der Waals surface area contributed by atoms with Crippen molar-refractivity contribution >= 4 is 13.5 Å². The summed E-state index contributed by atoms with van der Waals surface area (Å²) in [5.74, 6) is 0. The zero-order valence-corrected chi connectivity index (χ0v) is 4.67. The fraction of sp³-hybridized carbons (Fsp3) is 0. The number of aromatic amines is 1. The Morgan fingerprint density at radius 1 is 1.88 bits per heavy atom. The van der Waals surface area contributed by atoms with E-state index in [4.69, 9.17) is 4.89 Å². The van der Waals surface area contributed by atoms with Crippen molar-refractivity contribution in [1.82, 2.24) is 15.4 Å². The number of hydrogen-bond acceptors (Lipinski definition) is 3. The van der Waals surface area contributed by atoms with Gasteiger partial charge in [0.15, 0.2) is 0 Å². The molecule has 1 heterocycles. The lowest BCUT2D eigenvalue weighted by molar-refractivity contribution is 0.512. The van der Waals surface area contributed by atoms with Crippen LogP contribution in [-0.2, 0) is 4.57 Å². The lowest BCUT2D eigenvalue weighted by atomic mass is 11.0. The Balaban J connectivity index is 2.93. The Morgan fingerprint density at radius 3 is 2.88 bits per heavy atom. The van der Waals surface area contributed by atoms with Crippen LogP contribution < -0.4 is 5.44 Å². The highest BCUT2D eigenvalue weighted by Crippen LogP contribution is 2.07. The van der Waals surface area contributed by atoms with Gasteiger partial charge < -0.3 is 0 Å². The third-order valence-electron chi connectivity index (χ3n) is 0.598. The molecular weight excluding hydrogens is 129 g/mol. The average Bonchev–Trinajstić information content (AvgIpc) is 2.12. The molecule has 0 aliphatic rings. The molecule has 0 fully saturated rings. The molecule has 8 heavy (non-hydrogen) atoms. The SMILES string of the molecule is O=[P+](O)c1cn[nH]n1. The molecule has 1 aromatic heterocycles. The summed E-state index contributed by atoms with van der Waals surface area (Å²) in [6.07, 6.45) is 1.21. The summed E-state index contributed by atoms with van der Waals surface area (Å²) in [6.45, 7) is 0. The van der Waals surface area contributed by atoms with E-state index in [-0.39, 0.29) is 5.44 Å². The molecular formula is C2H3N3O2P+. The fourth-order valence-corrected chi connectivity index (χ4v) is 0.575. The molecule has 0 aliphatic carbocycles. The minimum Gasteiger partial charge on any atom is -0.193 e. The monoisotopic (exact) mass is 132 g/mol. The predicted molar refractivity (Wildman–Crippen MR) is 25.8 cm³/mol. The van der Waals surface area contributed by atoms with Gasteiger partial charge in [-0.15, -0.1) is 5.10 Å². The van der Waals surface area contributed by atoms with Crippen LogP contribution in [0.3, 0.4) is 0 Å². The van der Waals surface area contributed by atoms with Crippen LogP contribution in [0.2, 0.25) is 0 Å². The highest BCUT2D eigenvalue weighted by Gasteiger charge is 2.18. The van der Waals surface area contributed by atoms with Crippen LogP contribution >= 0.6 is 8.03 Å². The zero-order chi connectivity index (χ0) is 5.98. The summed E-state index contributed by atoms with van der Waals surface area (Å²) in [5.41, 5.74) is 0.0833. The summed E-state index contributed by atoms with van der Waals surface area (Å²) < 4.78 is 10.1. The second-order valence-electron chi connectivity index (χ2n) is 1.10. The summed E-state index contributed by atoms with van der Waals surface area (Å²) in [4.78, 5) is 8.30. The van der Waals surface area contributed by atoms with E-state index in [1.54, 1.807) is 0 Å². The quantitative estimate of drug-likeness (QED) is 0.488. The van der Waals surface area contributed by atoms with Crippen molar-refractivity contribution in [3.8, 4) is 0 Å². The minimum absolute atomic E-state index is 0.0833. The number of aromatic nitrogens is 3. The largest absolute Gasteiger partial charge is 0.570 e. The van der Waals surface area contributed by atoms with Crippen molar-refractivity contribution < 1.29 is 9.46 Å². The maximum atomic E-state index is 10.1. The van der Waals surface area contributed by atoms with Crippen LogP contribution in [0.1, 0.15) is 0 Å². The fourth-order valence-electron chi connectivity index (χ4n) is 0.288. The van der Waals surface area contributed by atoms with Crippen molar-refractivity contribution in [3.05, 3.63) is 6.20 Å². The third kappa shape index (κ3) is 0.882. The second-order valence-corrected chi connectivity index (χ2v) is 2.11. The molecule has 6 heteroatoms.